The maximum Gasteiger partial charge on any atom is 0.203 e. The van der Waals surface area contributed by atoms with Gasteiger partial charge < -0.3 is 5.73 Å². The number of nitrogens with zero attached hydrogens (tertiary/aromatic N) is 3. The van der Waals surface area contributed by atoms with Gasteiger partial charge in [0.1, 0.15) is 11.3 Å². The van der Waals surface area contributed by atoms with Crippen molar-refractivity contribution in [2.75, 3.05) is 5.73 Å². The van der Waals surface area contributed by atoms with Crippen molar-refractivity contribution >= 4 is 17.0 Å². The molecule has 32 heavy (non-hydrogen) atoms. The van der Waals surface area contributed by atoms with E-state index in [0.717, 1.165) is 23.9 Å². The van der Waals surface area contributed by atoms with E-state index in [-0.39, 0.29) is 5.92 Å². The molecule has 2 heterocycles. The van der Waals surface area contributed by atoms with Crippen LogP contribution in [0.15, 0.2) is 66.7 Å². The summed E-state index contributed by atoms with van der Waals surface area (Å²) in [6, 6.07) is 23.9. The molecule has 3 N–H and O–H groups in total. The minimum atomic E-state index is 0.213. The predicted octanol–water partition coefficient (Wildman–Crippen LogP) is 6.14. The van der Waals surface area contributed by atoms with E-state index in [0.29, 0.717) is 16.9 Å². The van der Waals surface area contributed by atoms with Gasteiger partial charge in [-0.25, -0.2) is 4.98 Å². The Labute approximate surface area is 189 Å². The number of rotatable bonds is 7. The topological polar surface area (TPSA) is 80.5 Å². The van der Waals surface area contributed by atoms with Gasteiger partial charge in [0.25, 0.3) is 0 Å². The van der Waals surface area contributed by atoms with Gasteiger partial charge in [0.15, 0.2) is 0 Å². The standard InChI is InChI=1S/C27H31N5/c28-24-19-23(25-26(29-24)31-32-30-25)22(20-11-4-1-5-12-20)15-10-18-27(16-8-3-9-17-27)21-13-6-2-7-14-21/h1-2,4-7,11-14,19,22H,3,8-10,15-18H2,(H3,28,29,30,31,32). The first-order valence-corrected chi connectivity index (χ1v) is 11.8. The Kier molecular flexibility index (Phi) is 5.89. The highest BCUT2D eigenvalue weighted by molar-refractivity contribution is 5.77. The number of anilines is 1. The molecule has 2 aromatic carbocycles. The maximum atomic E-state index is 6.15. The zero-order valence-electron chi connectivity index (χ0n) is 18.5. The largest absolute Gasteiger partial charge is 0.384 e. The molecule has 164 valence electrons. The number of benzene rings is 2. The van der Waals surface area contributed by atoms with Crippen molar-refractivity contribution in [3.8, 4) is 0 Å². The number of aromatic amines is 1. The molecule has 4 aromatic rings. The van der Waals surface area contributed by atoms with E-state index in [1.54, 1.807) is 0 Å². The highest BCUT2D eigenvalue weighted by atomic mass is 15.3. The number of hydrogen-bond acceptors (Lipinski definition) is 4. The van der Waals surface area contributed by atoms with Crippen LogP contribution in [0.5, 0.6) is 0 Å². The molecule has 5 rings (SSSR count). The molecule has 0 amide bonds. The molecule has 5 heteroatoms. The minimum absolute atomic E-state index is 0.213. The number of nitrogens with two attached hydrogens (primary N) is 1. The van der Waals surface area contributed by atoms with Gasteiger partial charge in [0.2, 0.25) is 5.65 Å². The monoisotopic (exact) mass is 425 g/mol. The molecule has 0 radical (unpaired) electrons. The van der Waals surface area contributed by atoms with E-state index in [1.807, 2.05) is 6.07 Å². The molecule has 1 fully saturated rings. The average Bonchev–Trinajstić information content (AvgIpc) is 3.32. The molecule has 1 aliphatic rings. The Morgan fingerprint density at radius 3 is 2.38 bits per heavy atom. The average molecular weight is 426 g/mol. The molecule has 1 atom stereocenters. The van der Waals surface area contributed by atoms with E-state index < -0.39 is 0 Å². The Morgan fingerprint density at radius 2 is 1.62 bits per heavy atom. The normalized spacial score (nSPS) is 16.8. The lowest BCUT2D eigenvalue weighted by atomic mass is 9.66. The Balaban J connectivity index is 1.44. The van der Waals surface area contributed by atoms with Crippen molar-refractivity contribution < 1.29 is 0 Å². The summed E-state index contributed by atoms with van der Waals surface area (Å²) in [5, 5.41) is 11.3. The molecule has 0 spiro atoms. The summed E-state index contributed by atoms with van der Waals surface area (Å²) in [7, 11) is 0. The van der Waals surface area contributed by atoms with Crippen molar-refractivity contribution in [2.45, 2.75) is 62.7 Å². The van der Waals surface area contributed by atoms with Crippen LogP contribution in [0.3, 0.4) is 0 Å². The minimum Gasteiger partial charge on any atom is -0.384 e. The van der Waals surface area contributed by atoms with Crippen molar-refractivity contribution in [3.05, 3.63) is 83.4 Å². The van der Waals surface area contributed by atoms with Gasteiger partial charge in [-0.2, -0.15) is 10.3 Å². The third kappa shape index (κ3) is 4.12. The summed E-state index contributed by atoms with van der Waals surface area (Å²) in [4.78, 5) is 4.35. The van der Waals surface area contributed by atoms with Crippen LogP contribution in [0.2, 0.25) is 0 Å². The van der Waals surface area contributed by atoms with Crippen LogP contribution in [0.4, 0.5) is 5.82 Å². The highest BCUT2D eigenvalue weighted by Crippen LogP contribution is 2.44. The lowest BCUT2D eigenvalue weighted by Gasteiger charge is -2.38. The number of H-pyrrole nitrogens is 1. The zero-order valence-corrected chi connectivity index (χ0v) is 18.5. The van der Waals surface area contributed by atoms with Crippen molar-refractivity contribution in [1.82, 2.24) is 20.4 Å². The Hall–Kier alpha value is -3.21. The number of nitrogens with one attached hydrogen (secondary N) is 1. The van der Waals surface area contributed by atoms with E-state index in [1.165, 1.54) is 49.7 Å². The Morgan fingerprint density at radius 1 is 0.906 bits per heavy atom. The van der Waals surface area contributed by atoms with Crippen LogP contribution >= 0.6 is 0 Å². The van der Waals surface area contributed by atoms with Crippen LogP contribution in [0.25, 0.3) is 11.2 Å². The van der Waals surface area contributed by atoms with Crippen LogP contribution < -0.4 is 5.73 Å². The fourth-order valence-electron chi connectivity index (χ4n) is 5.68. The summed E-state index contributed by atoms with van der Waals surface area (Å²) in [6.07, 6.45) is 10.0. The van der Waals surface area contributed by atoms with Crippen molar-refractivity contribution in [1.29, 1.82) is 0 Å². The highest BCUT2D eigenvalue weighted by Gasteiger charge is 2.33. The molecule has 0 aliphatic heterocycles. The molecule has 0 bridgehead atoms. The number of fused-ring (bicyclic) bond motifs is 1. The molecule has 1 saturated carbocycles. The summed E-state index contributed by atoms with van der Waals surface area (Å²) < 4.78 is 0. The van der Waals surface area contributed by atoms with Crippen LogP contribution in [0.1, 0.15) is 74.0 Å². The summed E-state index contributed by atoms with van der Waals surface area (Å²) in [5.74, 6) is 0.709. The molecule has 2 aromatic heterocycles. The fraction of sp³-hybridized carbons (Fsp3) is 0.370. The molecule has 1 unspecified atom stereocenters. The van der Waals surface area contributed by atoms with Gasteiger partial charge in [0, 0.05) is 5.92 Å². The summed E-state index contributed by atoms with van der Waals surface area (Å²) in [6.45, 7) is 0. The molecular weight excluding hydrogens is 394 g/mol. The first-order chi connectivity index (χ1) is 15.8. The molecule has 5 nitrogen and oxygen atoms in total. The third-order valence-electron chi connectivity index (χ3n) is 7.26. The zero-order chi connectivity index (χ0) is 21.8. The number of aromatic nitrogens is 4. The second kappa shape index (κ2) is 9.11. The third-order valence-corrected chi connectivity index (χ3v) is 7.26. The maximum absolute atomic E-state index is 6.15. The first-order valence-electron chi connectivity index (χ1n) is 11.8. The molecular formula is C27H31N5. The van der Waals surface area contributed by atoms with E-state index in [2.05, 4.69) is 81.1 Å². The number of hydrogen-bond donors (Lipinski definition) is 2. The molecule has 0 saturated heterocycles. The second-order valence-corrected chi connectivity index (χ2v) is 9.19. The number of pyridine rings is 1. The molecule has 1 aliphatic carbocycles. The fourth-order valence-corrected chi connectivity index (χ4v) is 5.68. The van der Waals surface area contributed by atoms with Gasteiger partial charge in [0.05, 0.1) is 0 Å². The van der Waals surface area contributed by atoms with Gasteiger partial charge >= 0.3 is 0 Å². The smallest absolute Gasteiger partial charge is 0.203 e. The van der Waals surface area contributed by atoms with Gasteiger partial charge in [-0.15, -0.1) is 5.10 Å². The first kappa shape index (κ1) is 20.7. The van der Waals surface area contributed by atoms with E-state index in [9.17, 15) is 0 Å². The van der Waals surface area contributed by atoms with Gasteiger partial charge in [-0.3, -0.25) is 0 Å². The van der Waals surface area contributed by atoms with Crippen LogP contribution in [-0.4, -0.2) is 20.4 Å². The van der Waals surface area contributed by atoms with Gasteiger partial charge in [-0.1, -0.05) is 86.3 Å². The van der Waals surface area contributed by atoms with Crippen molar-refractivity contribution in [2.24, 2.45) is 0 Å². The van der Waals surface area contributed by atoms with E-state index >= 15 is 0 Å². The van der Waals surface area contributed by atoms with Crippen LogP contribution in [-0.2, 0) is 5.41 Å². The Bertz CT molecular complexity index is 1150. The lowest BCUT2D eigenvalue weighted by Crippen LogP contribution is -2.29. The summed E-state index contributed by atoms with van der Waals surface area (Å²) >= 11 is 0. The van der Waals surface area contributed by atoms with Gasteiger partial charge in [-0.05, 0) is 53.9 Å². The van der Waals surface area contributed by atoms with E-state index in [4.69, 9.17) is 5.73 Å². The quantitative estimate of drug-likeness (QED) is 0.373. The van der Waals surface area contributed by atoms with Crippen LogP contribution in [0, 0.1) is 0 Å². The summed E-state index contributed by atoms with van der Waals surface area (Å²) in [5.41, 5.74) is 11.8. The van der Waals surface area contributed by atoms with Crippen molar-refractivity contribution in [3.63, 3.8) is 0 Å². The predicted molar refractivity (Wildman–Crippen MR) is 129 cm³/mol. The second-order valence-electron chi connectivity index (χ2n) is 9.19. The lowest BCUT2D eigenvalue weighted by molar-refractivity contribution is 0.265. The SMILES string of the molecule is Nc1cc(C(CCCC2(c3ccccc3)CCCCC2)c2ccccc2)c2n[nH]nc2n1. The number of nitrogen functional groups attached to an aromatic ring is 1.